The van der Waals surface area contributed by atoms with Crippen molar-refractivity contribution >= 4 is 5.91 Å². The second-order valence-corrected chi connectivity index (χ2v) is 6.49. The molecule has 0 aliphatic carbocycles. The fourth-order valence-electron chi connectivity index (χ4n) is 3.17. The third kappa shape index (κ3) is 5.38. The molecule has 1 N–H and O–H groups in total. The number of ether oxygens (including phenoxy) is 2. The monoisotopic (exact) mass is 393 g/mol. The van der Waals surface area contributed by atoms with E-state index in [2.05, 4.69) is 10.4 Å². The number of benzene rings is 2. The summed E-state index contributed by atoms with van der Waals surface area (Å²) in [5.74, 6) is 1.39. The van der Waals surface area contributed by atoms with Crippen LogP contribution in [0.2, 0.25) is 0 Å². The first-order valence-electron chi connectivity index (χ1n) is 9.93. The van der Waals surface area contributed by atoms with Crippen molar-refractivity contribution in [3.63, 3.8) is 0 Å². The second kappa shape index (κ2) is 10.3. The summed E-state index contributed by atoms with van der Waals surface area (Å²) in [6, 6.07) is 16.9. The molecule has 0 aliphatic heterocycles. The van der Waals surface area contributed by atoms with E-state index in [9.17, 15) is 4.79 Å². The number of hydrogen-bond donors (Lipinski definition) is 1. The molecule has 1 atom stereocenters. The first-order chi connectivity index (χ1) is 14.2. The Morgan fingerprint density at radius 3 is 2.48 bits per heavy atom. The smallest absolute Gasteiger partial charge is 0.249 e. The summed E-state index contributed by atoms with van der Waals surface area (Å²) in [5.41, 5.74) is 1.97. The number of amides is 1. The van der Waals surface area contributed by atoms with E-state index in [-0.39, 0.29) is 5.91 Å². The van der Waals surface area contributed by atoms with Crippen LogP contribution in [0.1, 0.15) is 31.0 Å². The third-order valence-electron chi connectivity index (χ3n) is 4.47. The minimum Gasteiger partial charge on any atom is -0.490 e. The van der Waals surface area contributed by atoms with E-state index in [0.717, 1.165) is 22.6 Å². The molecule has 29 heavy (non-hydrogen) atoms. The van der Waals surface area contributed by atoms with E-state index in [0.29, 0.717) is 26.2 Å². The normalized spacial score (nSPS) is 11.7. The molecular formula is C23H27N3O3. The average molecular weight is 393 g/mol. The predicted molar refractivity (Wildman–Crippen MR) is 112 cm³/mol. The molecule has 6 heteroatoms. The summed E-state index contributed by atoms with van der Waals surface area (Å²) in [6.07, 6.45) is 4.18. The summed E-state index contributed by atoms with van der Waals surface area (Å²) in [6.45, 7) is 5.57. The summed E-state index contributed by atoms with van der Waals surface area (Å²) < 4.78 is 13.0. The van der Waals surface area contributed by atoms with Crippen molar-refractivity contribution < 1.29 is 14.3 Å². The Bertz CT molecular complexity index is 895. The third-order valence-corrected chi connectivity index (χ3v) is 4.47. The van der Waals surface area contributed by atoms with Crippen LogP contribution in [0.4, 0.5) is 0 Å². The highest BCUT2D eigenvalue weighted by molar-refractivity contribution is 5.83. The lowest BCUT2D eigenvalue weighted by Crippen LogP contribution is -2.34. The summed E-state index contributed by atoms with van der Waals surface area (Å²) in [7, 11) is 0. The molecule has 1 aromatic heterocycles. The predicted octanol–water partition coefficient (Wildman–Crippen LogP) is 3.63. The van der Waals surface area contributed by atoms with E-state index < -0.39 is 6.04 Å². The number of rotatable bonds is 10. The van der Waals surface area contributed by atoms with Crippen molar-refractivity contribution in [1.29, 1.82) is 0 Å². The van der Waals surface area contributed by atoms with Crippen LogP contribution in [0, 0.1) is 0 Å². The molecule has 3 rings (SSSR count). The van der Waals surface area contributed by atoms with Gasteiger partial charge in [-0.2, -0.15) is 5.10 Å². The number of carbonyl (C=O) groups excluding carboxylic acids is 1. The van der Waals surface area contributed by atoms with Crippen LogP contribution in [0.15, 0.2) is 67.0 Å². The van der Waals surface area contributed by atoms with Crippen LogP contribution in [0.5, 0.6) is 11.5 Å². The SMILES string of the molecule is CCOc1ccc(CCNC(=O)[C@@H](c2ccccc2)n2cccn2)cc1OCC. The fourth-order valence-corrected chi connectivity index (χ4v) is 3.17. The lowest BCUT2D eigenvalue weighted by molar-refractivity contribution is -0.123. The van der Waals surface area contributed by atoms with Gasteiger partial charge < -0.3 is 14.8 Å². The Hall–Kier alpha value is -3.28. The zero-order valence-electron chi connectivity index (χ0n) is 16.9. The van der Waals surface area contributed by atoms with Gasteiger partial charge in [-0.25, -0.2) is 0 Å². The summed E-state index contributed by atoms with van der Waals surface area (Å²) in [4.78, 5) is 12.9. The lowest BCUT2D eigenvalue weighted by atomic mass is 10.1. The Kier molecular flexibility index (Phi) is 7.28. The van der Waals surface area contributed by atoms with Gasteiger partial charge in [0, 0.05) is 18.9 Å². The Labute approximate surface area is 171 Å². The highest BCUT2D eigenvalue weighted by atomic mass is 16.5. The molecule has 0 saturated heterocycles. The van der Waals surface area contributed by atoms with Gasteiger partial charge in [-0.15, -0.1) is 0 Å². The molecular weight excluding hydrogens is 366 g/mol. The zero-order valence-corrected chi connectivity index (χ0v) is 16.9. The number of nitrogens with one attached hydrogen (secondary N) is 1. The largest absolute Gasteiger partial charge is 0.490 e. The standard InChI is InChI=1S/C23H27N3O3/c1-3-28-20-12-11-18(17-21(20)29-4-2)13-15-24-23(27)22(26-16-8-14-25-26)19-9-6-5-7-10-19/h5-12,14,16-17,22H,3-4,13,15H2,1-2H3,(H,24,27)/t22-/m1/s1. The quantitative estimate of drug-likeness (QED) is 0.571. The van der Waals surface area contributed by atoms with Gasteiger partial charge in [0.25, 0.3) is 0 Å². The highest BCUT2D eigenvalue weighted by Gasteiger charge is 2.22. The van der Waals surface area contributed by atoms with E-state index in [4.69, 9.17) is 9.47 Å². The molecule has 0 unspecified atom stereocenters. The van der Waals surface area contributed by atoms with Crippen molar-refractivity contribution in [3.05, 3.63) is 78.1 Å². The second-order valence-electron chi connectivity index (χ2n) is 6.49. The molecule has 0 radical (unpaired) electrons. The Morgan fingerprint density at radius 1 is 1.03 bits per heavy atom. The van der Waals surface area contributed by atoms with Crippen LogP contribution in [-0.4, -0.2) is 35.4 Å². The Balaban J connectivity index is 1.66. The van der Waals surface area contributed by atoms with Crippen molar-refractivity contribution in [2.45, 2.75) is 26.3 Å². The van der Waals surface area contributed by atoms with Crippen LogP contribution in [0.3, 0.4) is 0 Å². The molecule has 2 aromatic carbocycles. The van der Waals surface area contributed by atoms with Crippen LogP contribution >= 0.6 is 0 Å². The van der Waals surface area contributed by atoms with Crippen molar-refractivity contribution in [2.24, 2.45) is 0 Å². The van der Waals surface area contributed by atoms with Crippen molar-refractivity contribution in [1.82, 2.24) is 15.1 Å². The molecule has 152 valence electrons. The van der Waals surface area contributed by atoms with Crippen LogP contribution < -0.4 is 14.8 Å². The molecule has 0 fully saturated rings. The van der Waals surface area contributed by atoms with Gasteiger partial charge in [-0.05, 0) is 49.6 Å². The van der Waals surface area contributed by atoms with Gasteiger partial charge >= 0.3 is 0 Å². The minimum atomic E-state index is -0.495. The highest BCUT2D eigenvalue weighted by Crippen LogP contribution is 2.28. The minimum absolute atomic E-state index is 0.0872. The maximum Gasteiger partial charge on any atom is 0.249 e. The molecule has 0 spiro atoms. The van der Waals surface area contributed by atoms with Crippen molar-refractivity contribution in [2.75, 3.05) is 19.8 Å². The number of nitrogens with zero attached hydrogens (tertiary/aromatic N) is 2. The Morgan fingerprint density at radius 2 is 1.79 bits per heavy atom. The first kappa shape index (κ1) is 20.5. The summed E-state index contributed by atoms with van der Waals surface area (Å²) >= 11 is 0. The van der Waals surface area contributed by atoms with Crippen molar-refractivity contribution in [3.8, 4) is 11.5 Å². The molecule has 0 bridgehead atoms. The van der Waals surface area contributed by atoms with E-state index in [1.54, 1.807) is 17.1 Å². The van der Waals surface area contributed by atoms with Gasteiger partial charge in [0.05, 0.1) is 13.2 Å². The number of carbonyl (C=O) groups is 1. The average Bonchev–Trinajstić information content (AvgIpc) is 3.25. The van der Waals surface area contributed by atoms with E-state index >= 15 is 0 Å². The van der Waals surface area contributed by atoms with Gasteiger partial charge in [-0.3, -0.25) is 9.48 Å². The molecule has 0 aliphatic rings. The van der Waals surface area contributed by atoms with Gasteiger partial charge in [0.15, 0.2) is 17.5 Å². The van der Waals surface area contributed by atoms with Crippen LogP contribution in [0.25, 0.3) is 0 Å². The summed E-state index contributed by atoms with van der Waals surface area (Å²) in [5, 5.41) is 7.30. The maximum atomic E-state index is 12.9. The van der Waals surface area contributed by atoms with Crippen LogP contribution in [-0.2, 0) is 11.2 Å². The van der Waals surface area contributed by atoms with E-state index in [1.165, 1.54) is 0 Å². The molecule has 3 aromatic rings. The maximum absolute atomic E-state index is 12.9. The van der Waals surface area contributed by atoms with E-state index in [1.807, 2.05) is 68.4 Å². The molecule has 0 saturated carbocycles. The van der Waals surface area contributed by atoms with Gasteiger partial charge in [0.1, 0.15) is 0 Å². The topological polar surface area (TPSA) is 65.4 Å². The van der Waals surface area contributed by atoms with Gasteiger partial charge in [0.2, 0.25) is 5.91 Å². The number of hydrogen-bond acceptors (Lipinski definition) is 4. The lowest BCUT2D eigenvalue weighted by Gasteiger charge is -2.18. The first-order valence-corrected chi connectivity index (χ1v) is 9.93. The fraction of sp³-hybridized carbons (Fsp3) is 0.304. The number of aromatic nitrogens is 2. The molecule has 1 amide bonds. The molecule has 1 heterocycles. The zero-order chi connectivity index (χ0) is 20.5. The van der Waals surface area contributed by atoms with Gasteiger partial charge in [-0.1, -0.05) is 36.4 Å². The molecule has 6 nitrogen and oxygen atoms in total.